The van der Waals surface area contributed by atoms with E-state index in [1.165, 1.54) is 24.8 Å². The molecule has 0 saturated heterocycles. The smallest absolute Gasteiger partial charge is 0.450 e. The molecule has 8 heteroatoms. The fourth-order valence-electron chi connectivity index (χ4n) is 8.25. The summed E-state index contributed by atoms with van der Waals surface area (Å²) in [4.78, 5) is 11.1. The zero-order valence-electron chi connectivity index (χ0n) is 32.4. The number of carboxylic acid groups (broad SMARTS) is 1. The first-order valence-corrected chi connectivity index (χ1v) is 24.5. The number of hydrogen-bond acceptors (Lipinski definition) is 5. The summed E-state index contributed by atoms with van der Waals surface area (Å²) in [6, 6.07) is 0. The van der Waals surface area contributed by atoms with Gasteiger partial charge in [-0.15, -0.1) is 0 Å². The van der Waals surface area contributed by atoms with Gasteiger partial charge in [0.2, 0.25) is 0 Å². The first-order chi connectivity index (χ1) is 21.9. The quantitative estimate of drug-likeness (QED) is 0.134. The lowest BCUT2D eigenvalue weighted by Gasteiger charge is -2.45. The van der Waals surface area contributed by atoms with Gasteiger partial charge in [-0.3, -0.25) is 0 Å². The molecule has 4 aliphatic rings. The second-order valence-electron chi connectivity index (χ2n) is 19.0. The third kappa shape index (κ3) is 8.35. The fourth-order valence-corrected chi connectivity index (χ4v) is 10.9. The summed E-state index contributed by atoms with van der Waals surface area (Å²) in [6.07, 6.45) is 15.4. The van der Waals surface area contributed by atoms with Crippen LogP contribution in [0.5, 0.6) is 0 Å². The molecule has 4 rings (SSSR count). The van der Waals surface area contributed by atoms with Crippen LogP contribution in [0.2, 0.25) is 36.3 Å². The number of fused-ring (bicyclic) bond motifs is 1. The van der Waals surface area contributed by atoms with Crippen molar-refractivity contribution in [2.75, 3.05) is 0 Å². The number of ether oxygens (including phenoxy) is 1. The van der Waals surface area contributed by atoms with Crippen molar-refractivity contribution in [3.05, 3.63) is 47.6 Å². The summed E-state index contributed by atoms with van der Waals surface area (Å²) >= 11 is 0. The Kier molecular flexibility index (Phi) is 11.4. The molecule has 48 heavy (non-hydrogen) atoms. The molecule has 0 spiro atoms. The van der Waals surface area contributed by atoms with E-state index in [9.17, 15) is 9.90 Å². The monoisotopic (exact) mass is 700 g/mol. The van der Waals surface area contributed by atoms with Crippen molar-refractivity contribution in [3.63, 3.8) is 0 Å². The molecule has 2 unspecified atom stereocenters. The second kappa shape index (κ2) is 13.9. The Morgan fingerprint density at radius 3 is 2.12 bits per heavy atom. The molecule has 6 nitrogen and oxygen atoms in total. The average molecular weight is 701 g/mol. The lowest BCUT2D eigenvalue weighted by molar-refractivity contribution is -0.0171. The van der Waals surface area contributed by atoms with Crippen LogP contribution in [-0.2, 0) is 13.6 Å². The van der Waals surface area contributed by atoms with Gasteiger partial charge in [0.15, 0.2) is 16.6 Å². The van der Waals surface area contributed by atoms with Gasteiger partial charge in [-0.25, -0.2) is 4.79 Å². The molecule has 272 valence electrons. The summed E-state index contributed by atoms with van der Waals surface area (Å²) in [5.41, 5.74) is 3.21. The highest BCUT2D eigenvalue weighted by Crippen LogP contribution is 2.60. The van der Waals surface area contributed by atoms with Crippen LogP contribution >= 0.6 is 0 Å². The summed E-state index contributed by atoms with van der Waals surface area (Å²) in [6.45, 7) is 32.7. The van der Waals surface area contributed by atoms with Crippen molar-refractivity contribution in [1.29, 1.82) is 0 Å². The van der Waals surface area contributed by atoms with E-state index in [0.717, 1.165) is 31.3 Å². The second-order valence-corrected chi connectivity index (χ2v) is 28.5. The topological polar surface area (TPSA) is 85.2 Å². The predicted molar refractivity (Wildman–Crippen MR) is 202 cm³/mol. The van der Waals surface area contributed by atoms with Crippen LogP contribution < -0.4 is 0 Å². The first-order valence-electron chi connectivity index (χ1n) is 18.7. The van der Waals surface area contributed by atoms with Crippen LogP contribution in [-0.4, -0.2) is 56.9 Å². The Morgan fingerprint density at radius 2 is 1.56 bits per heavy atom. The molecule has 4 aliphatic carbocycles. The van der Waals surface area contributed by atoms with Gasteiger partial charge < -0.3 is 23.8 Å². The van der Waals surface area contributed by atoms with Crippen molar-refractivity contribution in [2.45, 2.75) is 173 Å². The van der Waals surface area contributed by atoms with Crippen molar-refractivity contribution in [3.8, 4) is 0 Å². The van der Waals surface area contributed by atoms with Gasteiger partial charge in [0.05, 0.1) is 12.2 Å². The van der Waals surface area contributed by atoms with Crippen LogP contribution in [0.15, 0.2) is 47.6 Å². The van der Waals surface area contributed by atoms with Crippen molar-refractivity contribution in [1.82, 2.24) is 0 Å². The van der Waals surface area contributed by atoms with Crippen molar-refractivity contribution < 1.29 is 28.6 Å². The molecule has 0 aromatic rings. The van der Waals surface area contributed by atoms with Crippen LogP contribution in [0.25, 0.3) is 0 Å². The normalized spacial score (nSPS) is 32.8. The summed E-state index contributed by atoms with van der Waals surface area (Å²) in [5.74, 6) is 1.33. The van der Waals surface area contributed by atoms with Gasteiger partial charge in [0, 0.05) is 6.42 Å². The molecule has 0 aromatic heterocycles. The zero-order chi connectivity index (χ0) is 36.1. The van der Waals surface area contributed by atoms with E-state index in [-0.39, 0.29) is 33.6 Å². The minimum Gasteiger partial charge on any atom is -0.450 e. The van der Waals surface area contributed by atoms with Gasteiger partial charge >= 0.3 is 6.16 Å². The molecular weight excluding hydrogens is 633 g/mol. The molecular formula is C40H68O6Si2. The summed E-state index contributed by atoms with van der Waals surface area (Å²) in [5, 5.41) is 20.1. The first kappa shape index (κ1) is 39.3. The molecule has 4 fully saturated rings. The largest absolute Gasteiger partial charge is 0.506 e. The highest BCUT2D eigenvalue weighted by Gasteiger charge is 2.53. The van der Waals surface area contributed by atoms with Gasteiger partial charge in [0.25, 0.3) is 0 Å². The molecule has 0 amide bonds. The van der Waals surface area contributed by atoms with Crippen LogP contribution in [0.4, 0.5) is 4.79 Å². The average Bonchev–Trinajstić information content (AvgIpc) is 3.62. The number of carbonyl (C=O) groups is 1. The van der Waals surface area contributed by atoms with Gasteiger partial charge in [-0.05, 0) is 122 Å². The number of allylic oxidation sites excluding steroid dienone is 4. The molecule has 0 heterocycles. The molecule has 0 aromatic carbocycles. The number of aliphatic hydroxyl groups is 1. The highest BCUT2D eigenvalue weighted by molar-refractivity contribution is 6.74. The Balaban J connectivity index is 1.55. The van der Waals surface area contributed by atoms with Crippen LogP contribution in [0.1, 0.15) is 113 Å². The Labute approximate surface area is 294 Å². The predicted octanol–water partition coefficient (Wildman–Crippen LogP) is 11.0. The fraction of sp³-hybridized carbons (Fsp3) is 0.775. The molecule has 0 radical (unpaired) electrons. The van der Waals surface area contributed by atoms with Crippen molar-refractivity contribution in [2.24, 2.45) is 23.2 Å². The van der Waals surface area contributed by atoms with E-state index in [1.807, 2.05) is 0 Å². The maximum absolute atomic E-state index is 11.1. The van der Waals surface area contributed by atoms with E-state index in [4.69, 9.17) is 18.7 Å². The van der Waals surface area contributed by atoms with Crippen molar-refractivity contribution >= 4 is 22.8 Å². The maximum Gasteiger partial charge on any atom is 0.506 e. The number of aliphatic hydroxyl groups excluding tert-OH is 1. The van der Waals surface area contributed by atoms with E-state index in [1.54, 1.807) is 11.6 Å². The molecule has 2 N–H and O–H groups in total. The lowest BCUT2D eigenvalue weighted by Crippen LogP contribution is -2.49. The van der Waals surface area contributed by atoms with E-state index >= 15 is 0 Å². The Morgan fingerprint density at radius 1 is 0.958 bits per heavy atom. The third-order valence-corrected chi connectivity index (χ3v) is 22.6. The number of hydrogen-bond donors (Lipinski definition) is 2. The Bertz CT molecular complexity index is 1290. The maximum atomic E-state index is 11.1. The van der Waals surface area contributed by atoms with Crippen LogP contribution in [0, 0.1) is 23.2 Å². The van der Waals surface area contributed by atoms with Crippen LogP contribution in [0.3, 0.4) is 0 Å². The summed E-state index contributed by atoms with van der Waals surface area (Å²) < 4.78 is 19.2. The van der Waals surface area contributed by atoms with E-state index in [2.05, 4.69) is 106 Å². The highest BCUT2D eigenvalue weighted by atomic mass is 28.4. The number of rotatable bonds is 10. The Hall–Kier alpha value is -1.46. The molecule has 4 saturated carbocycles. The standard InChI is InChI=1S/C40H68O6Si2/c1-27(16-21-35(41)40(23-24-40)44-36(42)43)32-19-20-33-29(15-14-22-39(32,33)9)17-18-30-25-31(45-47(10,11)37(3,4)5)26-34(28(30)2)46-48(12,13)38(6,7)8/h16-18,21,27,31-35,41H,2,14-15,19-20,22-26H2,1,3-13H3,(H,42,43)/b21-16+,29-17+,30-18+/t27-,31?,32-,33+,34?,35-,39-/m1/s1. The molecule has 0 bridgehead atoms. The molecule has 7 atom stereocenters. The SMILES string of the molecule is C=C1/C(=C/C=C2\CCC[C@]3(C)[C@@H]([C@H](C)/C=C/[C@@H](O)C4(OC(=O)O)CC4)CC[C@@H]23)CC(O[Si](C)(C)C(C)(C)C)CC1O[Si](C)(C)C(C)(C)C. The third-order valence-electron chi connectivity index (χ3n) is 13.6. The lowest BCUT2D eigenvalue weighted by atomic mass is 9.61. The van der Waals surface area contributed by atoms with E-state index < -0.39 is 34.5 Å². The minimum absolute atomic E-state index is 0.0230. The van der Waals surface area contributed by atoms with Gasteiger partial charge in [0.1, 0.15) is 11.7 Å². The zero-order valence-corrected chi connectivity index (χ0v) is 34.4. The van der Waals surface area contributed by atoms with Gasteiger partial charge in [-0.1, -0.05) is 91.8 Å². The molecule has 0 aliphatic heterocycles. The summed E-state index contributed by atoms with van der Waals surface area (Å²) in [7, 11) is -3.99. The minimum atomic E-state index is -2.02. The van der Waals surface area contributed by atoms with E-state index in [0.29, 0.717) is 24.7 Å². The van der Waals surface area contributed by atoms with Gasteiger partial charge in [-0.2, -0.15) is 0 Å².